The van der Waals surface area contributed by atoms with Crippen molar-refractivity contribution in [1.29, 1.82) is 0 Å². The Balaban J connectivity index is 2.04. The molecule has 80 valence electrons. The van der Waals surface area contributed by atoms with E-state index in [2.05, 4.69) is 40.8 Å². The van der Waals surface area contributed by atoms with Gasteiger partial charge < -0.3 is 5.32 Å². The number of H-pyrrole nitrogens is 1. The maximum Gasteiger partial charge on any atom is 0.148 e. The fourth-order valence-electron chi connectivity index (χ4n) is 1.28. The van der Waals surface area contributed by atoms with Gasteiger partial charge in [0.2, 0.25) is 0 Å². The second kappa shape index (κ2) is 4.49. The lowest BCUT2D eigenvalue weighted by atomic mass is 10.2. The van der Waals surface area contributed by atoms with Crippen molar-refractivity contribution in [2.45, 2.75) is 13.8 Å². The molecule has 0 radical (unpaired) electrons. The van der Waals surface area contributed by atoms with Gasteiger partial charge in [0.25, 0.3) is 0 Å². The highest BCUT2D eigenvalue weighted by Gasteiger charge is 2.04. The average molecular weight is 221 g/mol. The summed E-state index contributed by atoms with van der Waals surface area (Å²) < 4.78 is 0. The number of hydrogen-bond acceptors (Lipinski definition) is 3. The molecule has 15 heavy (non-hydrogen) atoms. The van der Waals surface area contributed by atoms with Gasteiger partial charge in [0, 0.05) is 12.6 Å². The molecule has 2 rings (SSSR count). The van der Waals surface area contributed by atoms with Crippen LogP contribution < -0.4 is 5.32 Å². The number of aromatic nitrogens is 2. The fourth-order valence-corrected chi connectivity index (χ4v) is 1.97. The lowest BCUT2D eigenvalue weighted by molar-refractivity contribution is 0.687. The lowest BCUT2D eigenvalue weighted by Gasteiger charge is -2.04. The smallest absolute Gasteiger partial charge is 0.148 e. The first-order chi connectivity index (χ1) is 7.25. The normalized spacial score (nSPS) is 10.9. The van der Waals surface area contributed by atoms with Crippen LogP contribution in [0.5, 0.6) is 0 Å². The summed E-state index contributed by atoms with van der Waals surface area (Å²) in [5.41, 5.74) is 1.08. The molecule has 2 aromatic heterocycles. The Morgan fingerprint density at radius 1 is 1.53 bits per heavy atom. The van der Waals surface area contributed by atoms with Crippen LogP contribution in [-0.4, -0.2) is 16.7 Å². The molecule has 0 aliphatic carbocycles. The Morgan fingerprint density at radius 2 is 2.40 bits per heavy atom. The molecule has 3 nitrogen and oxygen atoms in total. The van der Waals surface area contributed by atoms with E-state index in [0.29, 0.717) is 5.92 Å². The first-order valence-corrected chi connectivity index (χ1v) is 5.97. The molecule has 0 atom stereocenters. The largest absolute Gasteiger partial charge is 0.368 e. The molecular formula is C11H15N3S. The van der Waals surface area contributed by atoms with Gasteiger partial charge in [0.1, 0.15) is 5.82 Å². The van der Waals surface area contributed by atoms with Crippen molar-refractivity contribution < 1.29 is 0 Å². The fraction of sp³-hybridized carbons (Fsp3) is 0.364. The van der Waals surface area contributed by atoms with Crippen LogP contribution in [0.1, 0.15) is 13.8 Å². The van der Waals surface area contributed by atoms with E-state index in [1.165, 1.54) is 4.88 Å². The third-order valence-electron chi connectivity index (χ3n) is 2.06. The van der Waals surface area contributed by atoms with Gasteiger partial charge >= 0.3 is 0 Å². The van der Waals surface area contributed by atoms with E-state index in [-0.39, 0.29) is 0 Å². The Hall–Kier alpha value is -1.29. The molecule has 0 aromatic carbocycles. The predicted octanol–water partition coefficient (Wildman–Crippen LogP) is 3.21. The van der Waals surface area contributed by atoms with E-state index in [0.717, 1.165) is 18.1 Å². The van der Waals surface area contributed by atoms with Crippen LogP contribution in [0, 0.1) is 5.92 Å². The number of nitrogens with zero attached hydrogens (tertiary/aromatic N) is 1. The summed E-state index contributed by atoms with van der Waals surface area (Å²) in [5.74, 6) is 1.55. The Kier molecular flexibility index (Phi) is 3.06. The van der Waals surface area contributed by atoms with Crippen molar-refractivity contribution in [1.82, 2.24) is 10.2 Å². The van der Waals surface area contributed by atoms with Gasteiger partial charge in [-0.2, -0.15) is 5.10 Å². The van der Waals surface area contributed by atoms with E-state index in [4.69, 9.17) is 0 Å². The van der Waals surface area contributed by atoms with E-state index >= 15 is 0 Å². The molecule has 0 aliphatic rings. The Labute approximate surface area is 93.5 Å². The first kappa shape index (κ1) is 10.2. The van der Waals surface area contributed by atoms with Crippen molar-refractivity contribution >= 4 is 17.2 Å². The highest BCUT2D eigenvalue weighted by molar-refractivity contribution is 7.13. The average Bonchev–Trinajstić information content (AvgIpc) is 2.85. The topological polar surface area (TPSA) is 40.7 Å². The highest BCUT2D eigenvalue weighted by atomic mass is 32.1. The zero-order valence-corrected chi connectivity index (χ0v) is 9.77. The van der Waals surface area contributed by atoms with E-state index in [1.54, 1.807) is 11.3 Å². The van der Waals surface area contributed by atoms with E-state index < -0.39 is 0 Å². The summed E-state index contributed by atoms with van der Waals surface area (Å²) in [6.45, 7) is 5.31. The zero-order chi connectivity index (χ0) is 10.7. The van der Waals surface area contributed by atoms with Crippen LogP contribution in [0.4, 0.5) is 5.82 Å². The summed E-state index contributed by atoms with van der Waals surface area (Å²) in [5, 5.41) is 12.6. The third-order valence-corrected chi connectivity index (χ3v) is 2.96. The molecule has 0 aliphatic heterocycles. The van der Waals surface area contributed by atoms with E-state index in [9.17, 15) is 0 Å². The van der Waals surface area contributed by atoms with Gasteiger partial charge in [0.05, 0.1) is 10.6 Å². The number of hydrogen-bond donors (Lipinski definition) is 2. The molecule has 0 spiro atoms. The maximum absolute atomic E-state index is 4.21. The number of nitrogens with one attached hydrogen (secondary N) is 2. The standard InChI is InChI=1S/C11H15N3S/c1-8(2)7-12-11-6-9(13-14-11)10-4-3-5-15-10/h3-6,8H,7H2,1-2H3,(H2,12,13,14). The van der Waals surface area contributed by atoms with Gasteiger partial charge in [0.15, 0.2) is 0 Å². The zero-order valence-electron chi connectivity index (χ0n) is 8.95. The van der Waals surface area contributed by atoms with E-state index in [1.807, 2.05) is 12.1 Å². The van der Waals surface area contributed by atoms with Gasteiger partial charge in [-0.15, -0.1) is 11.3 Å². The van der Waals surface area contributed by atoms with Crippen LogP contribution >= 0.6 is 11.3 Å². The van der Waals surface area contributed by atoms with Crippen molar-refractivity contribution in [3.8, 4) is 10.6 Å². The third kappa shape index (κ3) is 2.59. The minimum atomic E-state index is 0.631. The summed E-state index contributed by atoms with van der Waals surface area (Å²) in [6.07, 6.45) is 0. The molecule has 0 amide bonds. The van der Waals surface area contributed by atoms with Crippen molar-refractivity contribution in [3.05, 3.63) is 23.6 Å². The minimum absolute atomic E-state index is 0.631. The molecule has 2 N–H and O–H groups in total. The minimum Gasteiger partial charge on any atom is -0.368 e. The van der Waals surface area contributed by atoms with Crippen LogP contribution in [0.3, 0.4) is 0 Å². The van der Waals surface area contributed by atoms with Gasteiger partial charge in [-0.05, 0) is 17.4 Å². The lowest BCUT2D eigenvalue weighted by Crippen LogP contribution is -2.07. The number of rotatable bonds is 4. The molecule has 2 aromatic rings. The summed E-state index contributed by atoms with van der Waals surface area (Å²) in [7, 11) is 0. The summed E-state index contributed by atoms with van der Waals surface area (Å²) in [4.78, 5) is 1.22. The summed E-state index contributed by atoms with van der Waals surface area (Å²) >= 11 is 1.71. The maximum atomic E-state index is 4.21. The van der Waals surface area contributed by atoms with Gasteiger partial charge in [-0.3, -0.25) is 5.10 Å². The SMILES string of the molecule is CC(C)CNc1cc(-c2cccs2)[nH]n1. The van der Waals surface area contributed by atoms with Crippen molar-refractivity contribution in [2.24, 2.45) is 5.92 Å². The van der Waals surface area contributed by atoms with Crippen molar-refractivity contribution in [2.75, 3.05) is 11.9 Å². The number of thiophene rings is 1. The number of anilines is 1. The molecule has 0 saturated heterocycles. The molecule has 0 bridgehead atoms. The van der Waals surface area contributed by atoms with Gasteiger partial charge in [-0.1, -0.05) is 19.9 Å². The molecule has 2 heterocycles. The predicted molar refractivity (Wildman–Crippen MR) is 65.2 cm³/mol. The number of aromatic amines is 1. The second-order valence-electron chi connectivity index (χ2n) is 3.92. The van der Waals surface area contributed by atoms with Crippen molar-refractivity contribution in [3.63, 3.8) is 0 Å². The molecule has 0 unspecified atom stereocenters. The second-order valence-corrected chi connectivity index (χ2v) is 4.87. The van der Waals surface area contributed by atoms with Gasteiger partial charge in [-0.25, -0.2) is 0 Å². The Bertz CT molecular complexity index is 403. The first-order valence-electron chi connectivity index (χ1n) is 5.09. The Morgan fingerprint density at radius 3 is 3.07 bits per heavy atom. The van der Waals surface area contributed by atoms with Crippen LogP contribution in [0.2, 0.25) is 0 Å². The summed E-state index contributed by atoms with van der Waals surface area (Å²) in [6, 6.07) is 6.18. The van der Waals surface area contributed by atoms with Crippen LogP contribution in [0.15, 0.2) is 23.6 Å². The monoisotopic (exact) mass is 221 g/mol. The highest BCUT2D eigenvalue weighted by Crippen LogP contribution is 2.24. The van der Waals surface area contributed by atoms with Crippen LogP contribution in [0.25, 0.3) is 10.6 Å². The molecular weight excluding hydrogens is 206 g/mol. The van der Waals surface area contributed by atoms with Crippen LogP contribution in [-0.2, 0) is 0 Å². The molecule has 4 heteroatoms. The molecule has 0 saturated carbocycles. The molecule has 0 fully saturated rings. The quantitative estimate of drug-likeness (QED) is 0.832.